The van der Waals surface area contributed by atoms with Gasteiger partial charge in [-0.1, -0.05) is 20.8 Å². The van der Waals surface area contributed by atoms with E-state index in [-0.39, 0.29) is 0 Å². The molecule has 2 atom stereocenters. The lowest BCUT2D eigenvalue weighted by atomic mass is 10.1. The van der Waals surface area contributed by atoms with Gasteiger partial charge in [0.05, 0.1) is 0 Å². The molecule has 2 unspecified atom stereocenters. The first kappa shape index (κ1) is 12.4. The van der Waals surface area contributed by atoms with Crippen LogP contribution in [0.2, 0.25) is 0 Å². The molecule has 0 radical (unpaired) electrons. The molecule has 0 spiro atoms. The highest BCUT2D eigenvalue weighted by atomic mass is 15.1. The molecular weight excluding hydrogens is 196 g/mol. The normalized spacial score (nSPS) is 34.7. The minimum Gasteiger partial charge on any atom is -0.311 e. The van der Waals surface area contributed by atoms with Gasteiger partial charge in [-0.2, -0.15) is 0 Å². The molecule has 0 amide bonds. The maximum absolute atomic E-state index is 3.86. The van der Waals surface area contributed by atoms with Crippen molar-refractivity contribution < 1.29 is 0 Å². The van der Waals surface area contributed by atoms with Crippen molar-refractivity contribution in [3.05, 3.63) is 0 Å². The van der Waals surface area contributed by atoms with Crippen LogP contribution in [0, 0.1) is 5.41 Å². The first-order valence-corrected chi connectivity index (χ1v) is 7.10. The van der Waals surface area contributed by atoms with Crippen LogP contribution >= 0.6 is 0 Å². The number of nitrogens with zero attached hydrogens (tertiary/aromatic N) is 1. The molecule has 0 bridgehead atoms. The van der Waals surface area contributed by atoms with Gasteiger partial charge in [-0.15, -0.1) is 0 Å². The minimum absolute atomic E-state index is 0.579. The largest absolute Gasteiger partial charge is 0.311 e. The van der Waals surface area contributed by atoms with Gasteiger partial charge >= 0.3 is 0 Å². The third kappa shape index (κ3) is 3.21. The lowest BCUT2D eigenvalue weighted by Crippen LogP contribution is -2.34. The molecule has 0 aromatic carbocycles. The zero-order valence-electron chi connectivity index (χ0n) is 11.3. The molecule has 94 valence electrons. The second-order valence-corrected chi connectivity index (χ2v) is 6.38. The van der Waals surface area contributed by atoms with Crippen LogP contribution in [-0.2, 0) is 0 Å². The summed E-state index contributed by atoms with van der Waals surface area (Å²) in [6.07, 6.45) is 6.79. The molecule has 1 saturated heterocycles. The summed E-state index contributed by atoms with van der Waals surface area (Å²) in [6.45, 7) is 11.0. The Hall–Kier alpha value is -0.0800. The fourth-order valence-corrected chi connectivity index (χ4v) is 2.90. The fraction of sp³-hybridized carbons (Fsp3) is 1.00. The molecule has 0 aromatic heterocycles. The Morgan fingerprint density at radius 2 is 2.00 bits per heavy atom. The topological polar surface area (TPSA) is 15.3 Å². The van der Waals surface area contributed by atoms with Crippen molar-refractivity contribution in [2.45, 2.75) is 65.0 Å². The highest BCUT2D eigenvalue weighted by Crippen LogP contribution is 2.45. The lowest BCUT2D eigenvalue weighted by Gasteiger charge is -2.20. The number of likely N-dealkylation sites (tertiary alicyclic amines) is 1. The zero-order chi connectivity index (χ0) is 11.6. The van der Waals surface area contributed by atoms with E-state index in [0.717, 1.165) is 12.1 Å². The van der Waals surface area contributed by atoms with Gasteiger partial charge in [-0.25, -0.2) is 0 Å². The standard InChI is InChI=1S/C14H28N2/c1-4-8-16-9-5-6-12(7-10-16)15-13-11-14(13,2)3/h12-13,15H,4-11H2,1-3H3. The van der Waals surface area contributed by atoms with Crippen LogP contribution in [0.4, 0.5) is 0 Å². The Balaban J connectivity index is 1.72. The first-order valence-electron chi connectivity index (χ1n) is 7.10. The van der Waals surface area contributed by atoms with Crippen LogP contribution in [-0.4, -0.2) is 36.6 Å². The van der Waals surface area contributed by atoms with Crippen molar-refractivity contribution in [2.75, 3.05) is 19.6 Å². The fourth-order valence-electron chi connectivity index (χ4n) is 2.90. The summed E-state index contributed by atoms with van der Waals surface area (Å²) >= 11 is 0. The SMILES string of the molecule is CCCN1CCCC(NC2CC2(C)C)CC1. The molecule has 1 aliphatic carbocycles. The maximum atomic E-state index is 3.86. The Kier molecular flexibility index (Phi) is 3.91. The van der Waals surface area contributed by atoms with Crippen LogP contribution in [0.5, 0.6) is 0 Å². The smallest absolute Gasteiger partial charge is 0.0127 e. The van der Waals surface area contributed by atoms with Crippen LogP contribution in [0.1, 0.15) is 52.9 Å². The molecule has 1 saturated carbocycles. The quantitative estimate of drug-likeness (QED) is 0.790. The molecule has 1 aliphatic heterocycles. The Morgan fingerprint density at radius 1 is 1.25 bits per heavy atom. The van der Waals surface area contributed by atoms with E-state index >= 15 is 0 Å². The summed E-state index contributed by atoms with van der Waals surface area (Å²) in [5.74, 6) is 0. The van der Waals surface area contributed by atoms with Gasteiger partial charge in [-0.3, -0.25) is 0 Å². The molecule has 2 fully saturated rings. The van der Waals surface area contributed by atoms with E-state index in [9.17, 15) is 0 Å². The van der Waals surface area contributed by atoms with E-state index in [1.165, 1.54) is 51.7 Å². The average Bonchev–Trinajstić information content (AvgIpc) is 2.87. The van der Waals surface area contributed by atoms with Crippen molar-refractivity contribution in [3.8, 4) is 0 Å². The van der Waals surface area contributed by atoms with E-state index in [0.29, 0.717) is 5.41 Å². The molecule has 16 heavy (non-hydrogen) atoms. The molecular formula is C14H28N2. The van der Waals surface area contributed by atoms with E-state index in [1.807, 2.05) is 0 Å². The maximum Gasteiger partial charge on any atom is 0.0127 e. The summed E-state index contributed by atoms with van der Waals surface area (Å²) in [7, 11) is 0. The summed E-state index contributed by atoms with van der Waals surface area (Å²) < 4.78 is 0. The van der Waals surface area contributed by atoms with Crippen LogP contribution in [0.25, 0.3) is 0 Å². The lowest BCUT2D eigenvalue weighted by molar-refractivity contribution is 0.282. The second kappa shape index (κ2) is 5.05. The van der Waals surface area contributed by atoms with Gasteiger partial charge in [0.25, 0.3) is 0 Å². The summed E-state index contributed by atoms with van der Waals surface area (Å²) in [4.78, 5) is 2.64. The van der Waals surface area contributed by atoms with E-state index < -0.39 is 0 Å². The number of nitrogens with one attached hydrogen (secondary N) is 1. The molecule has 1 heterocycles. The molecule has 2 heteroatoms. The van der Waals surface area contributed by atoms with Crippen molar-refractivity contribution in [1.29, 1.82) is 0 Å². The molecule has 2 nitrogen and oxygen atoms in total. The van der Waals surface area contributed by atoms with Crippen LogP contribution < -0.4 is 5.32 Å². The zero-order valence-corrected chi connectivity index (χ0v) is 11.3. The summed E-state index contributed by atoms with van der Waals surface area (Å²) in [5, 5.41) is 3.86. The number of hydrogen-bond donors (Lipinski definition) is 1. The van der Waals surface area contributed by atoms with Gasteiger partial charge < -0.3 is 10.2 Å². The third-order valence-corrected chi connectivity index (χ3v) is 4.31. The Morgan fingerprint density at radius 3 is 2.62 bits per heavy atom. The molecule has 2 aliphatic rings. The summed E-state index contributed by atoms with van der Waals surface area (Å²) in [6, 6.07) is 1.59. The van der Waals surface area contributed by atoms with Gasteiger partial charge in [0.15, 0.2) is 0 Å². The summed E-state index contributed by atoms with van der Waals surface area (Å²) in [5.41, 5.74) is 0.579. The van der Waals surface area contributed by atoms with Gasteiger partial charge in [0.1, 0.15) is 0 Å². The van der Waals surface area contributed by atoms with Crippen molar-refractivity contribution in [1.82, 2.24) is 10.2 Å². The third-order valence-electron chi connectivity index (χ3n) is 4.31. The van der Waals surface area contributed by atoms with Gasteiger partial charge in [0, 0.05) is 12.1 Å². The molecule has 1 N–H and O–H groups in total. The van der Waals surface area contributed by atoms with Crippen molar-refractivity contribution in [3.63, 3.8) is 0 Å². The van der Waals surface area contributed by atoms with E-state index in [1.54, 1.807) is 0 Å². The molecule has 0 aromatic rings. The Bertz CT molecular complexity index is 225. The Labute approximate surface area is 101 Å². The van der Waals surface area contributed by atoms with Crippen LogP contribution in [0.15, 0.2) is 0 Å². The van der Waals surface area contributed by atoms with E-state index in [4.69, 9.17) is 0 Å². The predicted molar refractivity (Wildman–Crippen MR) is 69.7 cm³/mol. The first-order chi connectivity index (χ1) is 7.62. The minimum atomic E-state index is 0.579. The van der Waals surface area contributed by atoms with Crippen LogP contribution in [0.3, 0.4) is 0 Å². The van der Waals surface area contributed by atoms with Gasteiger partial charge in [-0.05, 0) is 57.2 Å². The van der Waals surface area contributed by atoms with E-state index in [2.05, 4.69) is 31.0 Å². The monoisotopic (exact) mass is 224 g/mol. The number of rotatable bonds is 4. The van der Waals surface area contributed by atoms with Crippen molar-refractivity contribution in [2.24, 2.45) is 5.41 Å². The highest BCUT2D eigenvalue weighted by molar-refractivity contribution is 5.02. The second-order valence-electron chi connectivity index (χ2n) is 6.38. The van der Waals surface area contributed by atoms with Crippen molar-refractivity contribution >= 4 is 0 Å². The molecule has 2 rings (SSSR count). The number of hydrogen-bond acceptors (Lipinski definition) is 2. The average molecular weight is 224 g/mol. The predicted octanol–water partition coefficient (Wildman–Crippen LogP) is 2.64. The highest BCUT2D eigenvalue weighted by Gasteiger charge is 2.46. The van der Waals surface area contributed by atoms with Gasteiger partial charge in [0.2, 0.25) is 0 Å².